The van der Waals surface area contributed by atoms with E-state index in [9.17, 15) is 14.4 Å². The van der Waals surface area contributed by atoms with E-state index in [1.807, 2.05) is 37.3 Å². The lowest BCUT2D eigenvalue weighted by atomic mass is 10.1. The Morgan fingerprint density at radius 1 is 1.13 bits per heavy atom. The van der Waals surface area contributed by atoms with E-state index in [-0.39, 0.29) is 18.2 Å². The van der Waals surface area contributed by atoms with Crippen molar-refractivity contribution in [3.05, 3.63) is 75.1 Å². The molecule has 31 heavy (non-hydrogen) atoms. The topological polar surface area (TPSA) is 78.5 Å². The Bertz CT molecular complexity index is 1050. The molecular formula is C22H20ClN3O3S2. The molecule has 1 fully saturated rings. The number of aryl methyl sites for hydroxylation is 1. The molecule has 3 rings (SSSR count). The number of halogens is 1. The average molecular weight is 474 g/mol. The molecule has 0 bridgehead atoms. The molecule has 0 spiro atoms. The Balaban J connectivity index is 1.46. The molecule has 3 amide bonds. The lowest BCUT2D eigenvalue weighted by molar-refractivity contribution is -0.124. The number of benzene rings is 2. The van der Waals surface area contributed by atoms with Crippen molar-refractivity contribution in [1.29, 1.82) is 0 Å². The first-order valence-electron chi connectivity index (χ1n) is 9.51. The first kappa shape index (κ1) is 23.0. The summed E-state index contributed by atoms with van der Waals surface area (Å²) in [6, 6.07) is 14.2. The third kappa shape index (κ3) is 6.16. The van der Waals surface area contributed by atoms with E-state index >= 15 is 0 Å². The van der Waals surface area contributed by atoms with Crippen molar-refractivity contribution in [2.45, 2.75) is 19.8 Å². The van der Waals surface area contributed by atoms with Crippen molar-refractivity contribution >= 4 is 63.7 Å². The highest BCUT2D eigenvalue weighted by Gasteiger charge is 2.31. The van der Waals surface area contributed by atoms with Crippen molar-refractivity contribution in [2.24, 2.45) is 0 Å². The van der Waals surface area contributed by atoms with Gasteiger partial charge in [0.2, 0.25) is 5.91 Å². The Kier molecular flexibility index (Phi) is 7.84. The van der Waals surface area contributed by atoms with Crippen LogP contribution < -0.4 is 10.9 Å². The number of carbonyl (C=O) groups excluding carboxylic acids is 3. The first-order valence-corrected chi connectivity index (χ1v) is 11.1. The van der Waals surface area contributed by atoms with Crippen LogP contribution >= 0.6 is 35.6 Å². The Morgan fingerprint density at radius 3 is 2.55 bits per heavy atom. The number of rotatable bonds is 6. The molecule has 0 unspecified atom stereocenters. The predicted octanol–water partition coefficient (Wildman–Crippen LogP) is 4.09. The standard InChI is InChI=1S/C22H20ClN3O3S2/c1-14-8-10-15(11-9-14)20(28)25-24-19(27)7-4-12-26-21(29)18(31-22(26)30)13-16-5-2-3-6-17(16)23/h2-3,5-6,8-11,13H,4,7,12H2,1H3,(H,24,27)(H,25,28)/b18-13+. The summed E-state index contributed by atoms with van der Waals surface area (Å²) in [5.41, 5.74) is 7.00. The van der Waals surface area contributed by atoms with Gasteiger partial charge in [-0.2, -0.15) is 0 Å². The molecule has 160 valence electrons. The van der Waals surface area contributed by atoms with Crippen LogP contribution in [-0.4, -0.2) is 33.5 Å². The predicted molar refractivity (Wildman–Crippen MR) is 127 cm³/mol. The largest absolute Gasteiger partial charge is 0.293 e. The molecule has 6 nitrogen and oxygen atoms in total. The van der Waals surface area contributed by atoms with Gasteiger partial charge in [-0.15, -0.1) is 0 Å². The lowest BCUT2D eigenvalue weighted by Crippen LogP contribution is -2.41. The van der Waals surface area contributed by atoms with Crippen LogP contribution in [0.25, 0.3) is 6.08 Å². The maximum Gasteiger partial charge on any atom is 0.269 e. The summed E-state index contributed by atoms with van der Waals surface area (Å²) in [6.45, 7) is 2.23. The number of hydrazine groups is 1. The van der Waals surface area contributed by atoms with E-state index in [0.717, 1.165) is 11.1 Å². The third-order valence-corrected chi connectivity index (χ3v) is 6.20. The summed E-state index contributed by atoms with van der Waals surface area (Å²) in [4.78, 5) is 38.7. The van der Waals surface area contributed by atoms with Crippen molar-refractivity contribution < 1.29 is 14.4 Å². The number of carbonyl (C=O) groups is 3. The number of thioether (sulfide) groups is 1. The van der Waals surface area contributed by atoms with Gasteiger partial charge in [-0.1, -0.05) is 71.5 Å². The van der Waals surface area contributed by atoms with Crippen LogP contribution in [0.3, 0.4) is 0 Å². The number of hydrogen-bond acceptors (Lipinski definition) is 5. The molecule has 1 heterocycles. The number of amides is 3. The summed E-state index contributed by atoms with van der Waals surface area (Å²) in [7, 11) is 0. The fraction of sp³-hybridized carbons (Fsp3) is 0.182. The second-order valence-electron chi connectivity index (χ2n) is 6.83. The number of thiocarbonyl (C=S) groups is 1. The van der Waals surface area contributed by atoms with Gasteiger partial charge in [-0.05, 0) is 43.2 Å². The van der Waals surface area contributed by atoms with Crippen LogP contribution in [-0.2, 0) is 9.59 Å². The summed E-state index contributed by atoms with van der Waals surface area (Å²) < 4.78 is 0.441. The Morgan fingerprint density at radius 2 is 1.84 bits per heavy atom. The van der Waals surface area contributed by atoms with Crippen LogP contribution in [0.5, 0.6) is 0 Å². The summed E-state index contributed by atoms with van der Waals surface area (Å²) in [6.07, 6.45) is 2.25. The Hall–Kier alpha value is -2.68. The van der Waals surface area contributed by atoms with Crippen molar-refractivity contribution in [3.63, 3.8) is 0 Å². The van der Waals surface area contributed by atoms with Crippen LogP contribution in [0.15, 0.2) is 53.4 Å². The molecule has 0 radical (unpaired) electrons. The minimum Gasteiger partial charge on any atom is -0.293 e. The number of nitrogens with zero attached hydrogens (tertiary/aromatic N) is 1. The van der Waals surface area contributed by atoms with E-state index in [0.29, 0.717) is 32.8 Å². The zero-order valence-corrected chi connectivity index (χ0v) is 19.1. The van der Waals surface area contributed by atoms with Gasteiger partial charge < -0.3 is 0 Å². The first-order chi connectivity index (χ1) is 14.8. The molecule has 9 heteroatoms. The van der Waals surface area contributed by atoms with E-state index < -0.39 is 5.91 Å². The van der Waals surface area contributed by atoms with E-state index in [2.05, 4.69) is 10.9 Å². The van der Waals surface area contributed by atoms with Gasteiger partial charge in [-0.25, -0.2) is 0 Å². The minimum atomic E-state index is -0.394. The maximum atomic E-state index is 12.7. The molecule has 1 aliphatic heterocycles. The zero-order valence-electron chi connectivity index (χ0n) is 16.7. The van der Waals surface area contributed by atoms with Gasteiger partial charge in [0.15, 0.2) is 0 Å². The molecular weight excluding hydrogens is 454 g/mol. The van der Waals surface area contributed by atoms with Crippen LogP contribution in [0.2, 0.25) is 5.02 Å². The molecule has 2 aromatic carbocycles. The van der Waals surface area contributed by atoms with Gasteiger partial charge in [-0.3, -0.25) is 30.1 Å². The molecule has 1 aliphatic rings. The second kappa shape index (κ2) is 10.6. The summed E-state index contributed by atoms with van der Waals surface area (Å²) in [5.74, 6) is -0.949. The minimum absolute atomic E-state index is 0.134. The quantitative estimate of drug-likeness (QED) is 0.375. The third-order valence-electron chi connectivity index (χ3n) is 4.48. The van der Waals surface area contributed by atoms with Gasteiger partial charge in [0.1, 0.15) is 4.32 Å². The average Bonchev–Trinajstić information content (AvgIpc) is 3.01. The van der Waals surface area contributed by atoms with E-state index in [1.165, 1.54) is 16.7 Å². The van der Waals surface area contributed by atoms with E-state index in [1.54, 1.807) is 24.3 Å². The summed E-state index contributed by atoms with van der Waals surface area (Å²) in [5, 5.41) is 0.553. The van der Waals surface area contributed by atoms with Gasteiger partial charge >= 0.3 is 0 Å². The van der Waals surface area contributed by atoms with Crippen molar-refractivity contribution in [1.82, 2.24) is 15.8 Å². The highest BCUT2D eigenvalue weighted by Crippen LogP contribution is 2.33. The number of nitrogens with one attached hydrogen (secondary N) is 2. The molecule has 0 aromatic heterocycles. The highest BCUT2D eigenvalue weighted by molar-refractivity contribution is 8.26. The van der Waals surface area contributed by atoms with Crippen LogP contribution in [0, 0.1) is 6.92 Å². The zero-order chi connectivity index (χ0) is 22.4. The smallest absolute Gasteiger partial charge is 0.269 e. The number of hydrogen-bond donors (Lipinski definition) is 2. The fourth-order valence-electron chi connectivity index (χ4n) is 2.79. The van der Waals surface area contributed by atoms with Crippen molar-refractivity contribution in [3.8, 4) is 0 Å². The normalized spacial score (nSPS) is 14.8. The van der Waals surface area contributed by atoms with Gasteiger partial charge in [0.05, 0.1) is 4.91 Å². The lowest BCUT2D eigenvalue weighted by Gasteiger charge is -2.14. The summed E-state index contributed by atoms with van der Waals surface area (Å²) >= 11 is 12.7. The van der Waals surface area contributed by atoms with Gasteiger partial charge in [0.25, 0.3) is 11.8 Å². The van der Waals surface area contributed by atoms with Crippen LogP contribution in [0.1, 0.15) is 34.3 Å². The van der Waals surface area contributed by atoms with Gasteiger partial charge in [0, 0.05) is 23.6 Å². The molecule has 1 saturated heterocycles. The fourth-order valence-corrected chi connectivity index (χ4v) is 4.28. The molecule has 0 aliphatic carbocycles. The Labute approximate surface area is 195 Å². The van der Waals surface area contributed by atoms with Crippen LogP contribution in [0.4, 0.5) is 0 Å². The second-order valence-corrected chi connectivity index (χ2v) is 8.91. The van der Waals surface area contributed by atoms with E-state index in [4.69, 9.17) is 23.8 Å². The van der Waals surface area contributed by atoms with Crippen molar-refractivity contribution in [2.75, 3.05) is 6.54 Å². The molecule has 0 atom stereocenters. The SMILES string of the molecule is Cc1ccc(C(=O)NNC(=O)CCCN2C(=O)/C(=C\c3ccccc3Cl)SC2=S)cc1. The molecule has 0 saturated carbocycles. The molecule has 2 N–H and O–H groups in total. The maximum absolute atomic E-state index is 12.7. The monoisotopic (exact) mass is 473 g/mol. The highest BCUT2D eigenvalue weighted by atomic mass is 35.5. The molecule has 2 aromatic rings.